The summed E-state index contributed by atoms with van der Waals surface area (Å²) in [4.78, 5) is 15.5. The molecule has 0 radical (unpaired) electrons. The summed E-state index contributed by atoms with van der Waals surface area (Å²) in [6.07, 6.45) is 1.14. The Kier molecular flexibility index (Phi) is 5.01. The van der Waals surface area contributed by atoms with Crippen molar-refractivity contribution in [3.63, 3.8) is 0 Å². The number of aliphatic carboxylic acids is 1. The van der Waals surface area contributed by atoms with Gasteiger partial charge in [-0.25, -0.2) is 4.98 Å². The summed E-state index contributed by atoms with van der Waals surface area (Å²) < 4.78 is 0. The van der Waals surface area contributed by atoms with Gasteiger partial charge in [0.15, 0.2) is 0 Å². The Bertz CT molecular complexity index is 388. The third kappa shape index (κ3) is 3.71. The van der Waals surface area contributed by atoms with Crippen LogP contribution >= 0.6 is 23.1 Å². The predicted octanol–water partition coefficient (Wildman–Crippen LogP) is 3.54. The van der Waals surface area contributed by atoms with Gasteiger partial charge >= 0.3 is 5.97 Å². The maximum atomic E-state index is 11.1. The Balaban J connectivity index is 2.69. The van der Waals surface area contributed by atoms with Crippen molar-refractivity contribution in [1.82, 2.24) is 4.98 Å². The monoisotopic (exact) mass is 273 g/mol. The number of hydrogen-bond acceptors (Lipinski definition) is 4. The maximum absolute atomic E-state index is 11.1. The van der Waals surface area contributed by atoms with Gasteiger partial charge in [0.05, 0.1) is 5.69 Å². The standard InChI is InChI=1S/C12H19NO2S2/c1-5-8(2)16-7-10-13-9(6-17-10)12(3,4)11(14)15/h6,8H,5,7H2,1-4H3,(H,14,15). The summed E-state index contributed by atoms with van der Waals surface area (Å²) in [5.41, 5.74) is -0.231. The highest BCUT2D eigenvalue weighted by Crippen LogP contribution is 2.28. The predicted molar refractivity (Wildman–Crippen MR) is 73.8 cm³/mol. The molecule has 0 saturated carbocycles. The number of thioether (sulfide) groups is 1. The molecular weight excluding hydrogens is 254 g/mol. The van der Waals surface area contributed by atoms with Gasteiger partial charge in [0.1, 0.15) is 10.4 Å². The van der Waals surface area contributed by atoms with Crippen LogP contribution in [0.2, 0.25) is 0 Å². The van der Waals surface area contributed by atoms with Gasteiger partial charge in [-0.15, -0.1) is 11.3 Å². The number of carboxylic acids is 1. The maximum Gasteiger partial charge on any atom is 0.315 e. The lowest BCUT2D eigenvalue weighted by molar-refractivity contribution is -0.142. The molecule has 0 aliphatic heterocycles. The Hall–Kier alpha value is -0.550. The summed E-state index contributed by atoms with van der Waals surface area (Å²) >= 11 is 3.41. The van der Waals surface area contributed by atoms with Crippen molar-refractivity contribution in [2.24, 2.45) is 0 Å². The van der Waals surface area contributed by atoms with E-state index in [1.54, 1.807) is 25.2 Å². The molecule has 0 bridgehead atoms. The van der Waals surface area contributed by atoms with Crippen LogP contribution in [0.3, 0.4) is 0 Å². The summed E-state index contributed by atoms with van der Waals surface area (Å²) in [7, 11) is 0. The van der Waals surface area contributed by atoms with E-state index in [1.807, 2.05) is 17.1 Å². The second-order valence-electron chi connectivity index (χ2n) is 4.59. The Labute approximate surface area is 111 Å². The molecule has 0 fully saturated rings. The van der Waals surface area contributed by atoms with Gasteiger partial charge in [0, 0.05) is 16.4 Å². The van der Waals surface area contributed by atoms with Gasteiger partial charge in [0.2, 0.25) is 0 Å². The van der Waals surface area contributed by atoms with E-state index < -0.39 is 11.4 Å². The fourth-order valence-electron chi connectivity index (χ4n) is 1.11. The van der Waals surface area contributed by atoms with E-state index in [9.17, 15) is 4.79 Å². The van der Waals surface area contributed by atoms with Crippen LogP contribution in [0.4, 0.5) is 0 Å². The minimum Gasteiger partial charge on any atom is -0.481 e. The van der Waals surface area contributed by atoms with E-state index in [0.29, 0.717) is 10.9 Å². The number of thiazole rings is 1. The van der Waals surface area contributed by atoms with Gasteiger partial charge in [-0.05, 0) is 20.3 Å². The number of rotatable bonds is 6. The Morgan fingerprint density at radius 1 is 1.65 bits per heavy atom. The minimum absolute atomic E-state index is 0.620. The Morgan fingerprint density at radius 2 is 2.29 bits per heavy atom. The average Bonchev–Trinajstić information content (AvgIpc) is 2.74. The second kappa shape index (κ2) is 5.87. The number of carboxylic acid groups (broad SMARTS) is 1. The lowest BCUT2D eigenvalue weighted by Gasteiger charge is -2.15. The molecule has 1 unspecified atom stereocenters. The first-order chi connectivity index (χ1) is 7.87. The molecule has 1 N–H and O–H groups in total. The number of nitrogens with zero attached hydrogens (tertiary/aromatic N) is 1. The zero-order valence-corrected chi connectivity index (χ0v) is 12.3. The third-order valence-corrected chi connectivity index (χ3v) is 5.17. The van der Waals surface area contributed by atoms with E-state index in [2.05, 4.69) is 18.8 Å². The first-order valence-corrected chi connectivity index (χ1v) is 7.60. The largest absolute Gasteiger partial charge is 0.481 e. The van der Waals surface area contributed by atoms with Crippen LogP contribution in [0, 0.1) is 0 Å². The number of carbonyl (C=O) groups is 1. The quantitative estimate of drug-likeness (QED) is 0.861. The zero-order chi connectivity index (χ0) is 13.1. The molecule has 1 atom stereocenters. The molecule has 96 valence electrons. The second-order valence-corrected chi connectivity index (χ2v) is 6.96. The summed E-state index contributed by atoms with van der Waals surface area (Å²) in [5.74, 6) is 0.0407. The summed E-state index contributed by atoms with van der Waals surface area (Å²) in [5, 5.41) is 12.6. The van der Waals surface area contributed by atoms with Gasteiger partial charge in [-0.2, -0.15) is 11.8 Å². The molecule has 3 nitrogen and oxygen atoms in total. The Morgan fingerprint density at radius 3 is 2.82 bits per heavy atom. The minimum atomic E-state index is -0.893. The van der Waals surface area contributed by atoms with Crippen LogP contribution in [0.25, 0.3) is 0 Å². The number of aromatic nitrogens is 1. The van der Waals surface area contributed by atoms with Gasteiger partial charge in [-0.1, -0.05) is 13.8 Å². The fourth-order valence-corrected chi connectivity index (χ4v) is 3.05. The van der Waals surface area contributed by atoms with E-state index in [4.69, 9.17) is 5.11 Å². The van der Waals surface area contributed by atoms with Crippen molar-refractivity contribution in [3.8, 4) is 0 Å². The van der Waals surface area contributed by atoms with Crippen molar-refractivity contribution in [2.75, 3.05) is 0 Å². The van der Waals surface area contributed by atoms with E-state index in [0.717, 1.165) is 17.2 Å². The normalized spacial score (nSPS) is 13.6. The highest BCUT2D eigenvalue weighted by Gasteiger charge is 2.32. The van der Waals surface area contributed by atoms with Crippen LogP contribution in [0.5, 0.6) is 0 Å². The highest BCUT2D eigenvalue weighted by atomic mass is 32.2. The lowest BCUT2D eigenvalue weighted by Crippen LogP contribution is -2.28. The van der Waals surface area contributed by atoms with E-state index in [1.165, 1.54) is 0 Å². The molecule has 0 aliphatic rings. The van der Waals surface area contributed by atoms with Crippen LogP contribution in [0.15, 0.2) is 5.38 Å². The third-order valence-electron chi connectivity index (χ3n) is 2.79. The summed E-state index contributed by atoms with van der Waals surface area (Å²) in [6.45, 7) is 7.74. The van der Waals surface area contributed by atoms with Crippen molar-refractivity contribution in [2.45, 2.75) is 50.5 Å². The molecule has 0 aromatic carbocycles. The molecule has 0 amide bonds. The fraction of sp³-hybridized carbons (Fsp3) is 0.667. The molecule has 1 rings (SSSR count). The molecule has 0 aliphatic carbocycles. The van der Waals surface area contributed by atoms with Gasteiger partial charge < -0.3 is 5.11 Å². The average molecular weight is 273 g/mol. The first-order valence-electron chi connectivity index (χ1n) is 5.67. The van der Waals surface area contributed by atoms with Crippen molar-refractivity contribution in [3.05, 3.63) is 16.1 Å². The number of hydrogen-bond donors (Lipinski definition) is 1. The molecule has 17 heavy (non-hydrogen) atoms. The van der Waals surface area contributed by atoms with Crippen LogP contribution in [-0.2, 0) is 16.0 Å². The molecule has 0 saturated heterocycles. The van der Waals surface area contributed by atoms with Crippen molar-refractivity contribution in [1.29, 1.82) is 0 Å². The molecule has 1 heterocycles. The topological polar surface area (TPSA) is 50.2 Å². The molecular formula is C12H19NO2S2. The highest BCUT2D eigenvalue weighted by molar-refractivity contribution is 7.99. The van der Waals surface area contributed by atoms with Crippen LogP contribution in [-0.4, -0.2) is 21.3 Å². The summed E-state index contributed by atoms with van der Waals surface area (Å²) in [6, 6.07) is 0. The van der Waals surface area contributed by atoms with Crippen molar-refractivity contribution < 1.29 is 9.90 Å². The van der Waals surface area contributed by atoms with Gasteiger partial charge in [-0.3, -0.25) is 4.79 Å². The molecule has 5 heteroatoms. The lowest BCUT2D eigenvalue weighted by atomic mass is 9.90. The molecule has 1 aromatic rings. The van der Waals surface area contributed by atoms with Crippen LogP contribution in [0.1, 0.15) is 44.8 Å². The zero-order valence-electron chi connectivity index (χ0n) is 10.7. The van der Waals surface area contributed by atoms with Crippen molar-refractivity contribution >= 4 is 29.1 Å². The SMILES string of the molecule is CCC(C)SCc1nc(C(C)(C)C(=O)O)cs1. The molecule has 0 spiro atoms. The smallest absolute Gasteiger partial charge is 0.315 e. The first kappa shape index (κ1) is 14.5. The molecule has 1 aromatic heterocycles. The van der Waals surface area contributed by atoms with Crippen LogP contribution < -0.4 is 0 Å². The van der Waals surface area contributed by atoms with E-state index >= 15 is 0 Å². The van der Waals surface area contributed by atoms with E-state index in [-0.39, 0.29) is 0 Å². The van der Waals surface area contributed by atoms with Gasteiger partial charge in [0.25, 0.3) is 0 Å².